The molecule has 0 unspecified atom stereocenters. The molecular weight excluding hydrogens is 272 g/mol. The fourth-order valence-corrected chi connectivity index (χ4v) is 2.09. The van der Waals surface area contributed by atoms with E-state index in [2.05, 4.69) is 5.32 Å². The number of furan rings is 1. The fourth-order valence-electron chi connectivity index (χ4n) is 2.09. The largest absolute Gasteiger partial charge is 0.451 e. The molecule has 104 valence electrons. The van der Waals surface area contributed by atoms with Gasteiger partial charge in [-0.2, -0.15) is 0 Å². The van der Waals surface area contributed by atoms with E-state index in [4.69, 9.17) is 4.42 Å². The number of carbonyl (C=O) groups is 1. The van der Waals surface area contributed by atoms with Gasteiger partial charge in [-0.15, -0.1) is 0 Å². The van der Waals surface area contributed by atoms with Crippen LogP contribution in [0.5, 0.6) is 0 Å². The van der Waals surface area contributed by atoms with Crippen molar-refractivity contribution in [3.63, 3.8) is 0 Å². The number of fused-ring (bicyclic) bond motifs is 1. The van der Waals surface area contributed by atoms with Gasteiger partial charge >= 0.3 is 0 Å². The molecule has 0 saturated heterocycles. The number of carbonyl (C=O) groups excluding carboxylic acids is 1. The zero-order valence-corrected chi connectivity index (χ0v) is 10.8. The summed E-state index contributed by atoms with van der Waals surface area (Å²) in [6.45, 7) is 0. The molecule has 3 aromatic rings. The van der Waals surface area contributed by atoms with Crippen LogP contribution in [0, 0.1) is 10.1 Å². The quantitative estimate of drug-likeness (QED) is 0.445. The number of nitrogens with zero attached hydrogens (tertiary/aromatic N) is 1. The molecule has 0 amide bonds. The van der Waals surface area contributed by atoms with Gasteiger partial charge in [-0.1, -0.05) is 12.1 Å². The summed E-state index contributed by atoms with van der Waals surface area (Å²) in [5, 5.41) is 14.5. The molecule has 21 heavy (non-hydrogen) atoms. The highest BCUT2D eigenvalue weighted by atomic mass is 16.6. The molecule has 1 N–H and O–H groups in total. The lowest BCUT2D eigenvalue weighted by Crippen LogP contribution is -1.93. The van der Waals surface area contributed by atoms with Crippen molar-refractivity contribution in [2.45, 2.75) is 0 Å². The van der Waals surface area contributed by atoms with Gasteiger partial charge < -0.3 is 9.73 Å². The van der Waals surface area contributed by atoms with Crippen molar-refractivity contribution in [3.8, 4) is 0 Å². The first-order valence-corrected chi connectivity index (χ1v) is 6.17. The average molecular weight is 282 g/mol. The number of hydrogen-bond acceptors (Lipinski definition) is 5. The van der Waals surface area contributed by atoms with Gasteiger partial charge in [0.1, 0.15) is 5.58 Å². The zero-order valence-electron chi connectivity index (χ0n) is 10.8. The first-order chi connectivity index (χ1) is 10.2. The molecule has 0 atom stereocenters. The summed E-state index contributed by atoms with van der Waals surface area (Å²) in [5.41, 5.74) is 1.79. The smallest absolute Gasteiger partial charge is 0.269 e. The number of aldehydes is 1. The summed E-state index contributed by atoms with van der Waals surface area (Å²) >= 11 is 0. The van der Waals surface area contributed by atoms with Crippen molar-refractivity contribution in [1.82, 2.24) is 0 Å². The monoisotopic (exact) mass is 282 g/mol. The van der Waals surface area contributed by atoms with E-state index in [0.717, 1.165) is 5.39 Å². The molecular formula is C15H10N2O4. The lowest BCUT2D eigenvalue weighted by atomic mass is 10.2. The minimum Gasteiger partial charge on any atom is -0.451 e. The average Bonchev–Trinajstić information content (AvgIpc) is 2.86. The Morgan fingerprint density at radius 2 is 1.81 bits per heavy atom. The number of anilines is 2. The van der Waals surface area contributed by atoms with Crippen molar-refractivity contribution >= 4 is 34.3 Å². The highest BCUT2D eigenvalue weighted by molar-refractivity contribution is 6.01. The van der Waals surface area contributed by atoms with Crippen LogP contribution in [0.1, 0.15) is 10.6 Å². The molecule has 0 spiro atoms. The van der Waals surface area contributed by atoms with E-state index in [9.17, 15) is 14.9 Å². The molecule has 0 radical (unpaired) electrons. The van der Waals surface area contributed by atoms with E-state index in [-0.39, 0.29) is 11.4 Å². The molecule has 0 aliphatic rings. The summed E-state index contributed by atoms with van der Waals surface area (Å²) in [5.74, 6) is 0.189. The lowest BCUT2D eigenvalue weighted by molar-refractivity contribution is -0.384. The van der Waals surface area contributed by atoms with Gasteiger partial charge in [-0.3, -0.25) is 14.9 Å². The lowest BCUT2D eigenvalue weighted by Gasteiger charge is -2.04. The molecule has 0 fully saturated rings. The molecule has 1 heterocycles. The minimum atomic E-state index is -0.464. The van der Waals surface area contributed by atoms with Crippen LogP contribution < -0.4 is 5.32 Å². The van der Waals surface area contributed by atoms with Crippen molar-refractivity contribution in [2.24, 2.45) is 0 Å². The number of nitro benzene ring substituents is 1. The van der Waals surface area contributed by atoms with Crippen molar-refractivity contribution in [1.29, 1.82) is 0 Å². The number of rotatable bonds is 4. The van der Waals surface area contributed by atoms with Gasteiger partial charge in [0.2, 0.25) is 0 Å². The van der Waals surface area contributed by atoms with Crippen LogP contribution in [-0.4, -0.2) is 11.2 Å². The van der Waals surface area contributed by atoms with E-state index < -0.39 is 4.92 Å². The maximum absolute atomic E-state index is 11.1. The minimum absolute atomic E-state index is 0.00760. The van der Waals surface area contributed by atoms with E-state index in [1.54, 1.807) is 18.2 Å². The molecule has 1 aromatic heterocycles. The van der Waals surface area contributed by atoms with Crippen LogP contribution in [0.3, 0.4) is 0 Å². The Kier molecular flexibility index (Phi) is 3.12. The third-order valence-electron chi connectivity index (χ3n) is 3.08. The van der Waals surface area contributed by atoms with Gasteiger partial charge in [0.25, 0.3) is 5.69 Å². The molecule has 2 aromatic carbocycles. The van der Waals surface area contributed by atoms with E-state index >= 15 is 0 Å². The number of benzene rings is 2. The Hall–Kier alpha value is -3.15. The first-order valence-electron chi connectivity index (χ1n) is 6.17. The van der Waals surface area contributed by atoms with Crippen molar-refractivity contribution in [2.75, 3.05) is 5.32 Å². The zero-order chi connectivity index (χ0) is 14.8. The van der Waals surface area contributed by atoms with Crippen LogP contribution in [0.25, 0.3) is 11.0 Å². The first kappa shape index (κ1) is 12.9. The second-order valence-electron chi connectivity index (χ2n) is 4.38. The predicted octanol–water partition coefficient (Wildman–Crippen LogP) is 3.90. The Morgan fingerprint density at radius 1 is 1.10 bits per heavy atom. The number of non-ortho nitro benzene ring substituents is 1. The molecule has 3 rings (SSSR count). The summed E-state index contributed by atoms with van der Waals surface area (Å²) in [6, 6.07) is 13.2. The Morgan fingerprint density at radius 3 is 2.48 bits per heavy atom. The molecule has 0 bridgehead atoms. The van der Waals surface area contributed by atoms with Gasteiger partial charge in [0.15, 0.2) is 12.0 Å². The third kappa shape index (κ3) is 2.34. The third-order valence-corrected chi connectivity index (χ3v) is 3.08. The maximum atomic E-state index is 11.1. The van der Waals surface area contributed by atoms with E-state index in [1.807, 2.05) is 18.2 Å². The predicted molar refractivity (Wildman–Crippen MR) is 78.0 cm³/mol. The van der Waals surface area contributed by atoms with Crippen LogP contribution >= 0.6 is 0 Å². The molecule has 6 heteroatoms. The van der Waals surface area contributed by atoms with Crippen LogP contribution in [0.2, 0.25) is 0 Å². The second-order valence-corrected chi connectivity index (χ2v) is 4.38. The van der Waals surface area contributed by atoms with E-state index in [0.29, 0.717) is 23.2 Å². The molecule has 6 nitrogen and oxygen atoms in total. The van der Waals surface area contributed by atoms with Gasteiger partial charge in [-0.05, 0) is 24.3 Å². The normalized spacial score (nSPS) is 10.5. The van der Waals surface area contributed by atoms with Crippen LogP contribution in [0.15, 0.2) is 52.9 Å². The summed E-state index contributed by atoms with van der Waals surface area (Å²) in [4.78, 5) is 21.3. The van der Waals surface area contributed by atoms with Crippen LogP contribution in [0.4, 0.5) is 17.1 Å². The van der Waals surface area contributed by atoms with Gasteiger partial charge in [0.05, 0.1) is 10.6 Å². The molecule has 0 saturated carbocycles. The molecule has 0 aliphatic heterocycles. The highest BCUT2D eigenvalue weighted by Crippen LogP contribution is 2.32. The van der Waals surface area contributed by atoms with Crippen LogP contribution in [-0.2, 0) is 0 Å². The SMILES string of the molecule is O=Cc1oc2ccccc2c1Nc1ccc([N+](=O)[O-])cc1. The summed E-state index contributed by atoms with van der Waals surface area (Å²) in [7, 11) is 0. The number of nitro groups is 1. The number of hydrogen-bond donors (Lipinski definition) is 1. The Bertz CT molecular complexity index is 821. The van der Waals surface area contributed by atoms with E-state index in [1.165, 1.54) is 12.1 Å². The maximum Gasteiger partial charge on any atom is 0.269 e. The van der Waals surface area contributed by atoms with Crippen molar-refractivity contribution < 1.29 is 14.1 Å². The Balaban J connectivity index is 2.01. The number of nitrogens with one attached hydrogen (secondary N) is 1. The van der Waals surface area contributed by atoms with Crippen molar-refractivity contribution in [3.05, 3.63) is 64.4 Å². The fraction of sp³-hybridized carbons (Fsp3) is 0. The Labute approximate surface area is 119 Å². The summed E-state index contributed by atoms with van der Waals surface area (Å²) in [6.07, 6.45) is 0.633. The molecule has 0 aliphatic carbocycles. The summed E-state index contributed by atoms with van der Waals surface area (Å²) < 4.78 is 5.44. The second kappa shape index (κ2) is 5.09. The van der Waals surface area contributed by atoms with Gasteiger partial charge in [-0.25, -0.2) is 0 Å². The number of para-hydroxylation sites is 1. The topological polar surface area (TPSA) is 85.4 Å². The highest BCUT2D eigenvalue weighted by Gasteiger charge is 2.13. The van der Waals surface area contributed by atoms with Gasteiger partial charge in [0, 0.05) is 23.2 Å². The standard InChI is InChI=1S/C15H10N2O4/c18-9-14-15(12-3-1-2-4-13(12)21-14)16-10-5-7-11(8-6-10)17(19)20/h1-9,16H.